The molecule has 0 aliphatic carbocycles. The number of carbonyl (C=O) groups excluding carboxylic acids is 2. The van der Waals surface area contributed by atoms with Gasteiger partial charge in [-0.1, -0.05) is 0 Å². The van der Waals surface area contributed by atoms with E-state index in [2.05, 4.69) is 9.80 Å². The predicted molar refractivity (Wildman–Crippen MR) is 169 cm³/mol. The van der Waals surface area contributed by atoms with Crippen molar-refractivity contribution in [1.82, 2.24) is 9.80 Å². The quantitative estimate of drug-likeness (QED) is 0.259. The molecule has 4 aliphatic heterocycles. The number of hydrogen-bond donors (Lipinski definition) is 1. The highest BCUT2D eigenvalue weighted by Gasteiger charge is 2.26. The molecule has 12 heteroatoms. The third-order valence-electron chi connectivity index (χ3n) is 8.70. The van der Waals surface area contributed by atoms with Gasteiger partial charge in [-0.2, -0.15) is 0 Å². The monoisotopic (exact) mass is 608 g/mol. The molecule has 0 unspecified atom stereocenters. The van der Waals surface area contributed by atoms with E-state index in [1.165, 1.54) is 11.6 Å². The summed E-state index contributed by atoms with van der Waals surface area (Å²) >= 11 is 0. The van der Waals surface area contributed by atoms with Crippen molar-refractivity contribution in [2.45, 2.75) is 38.5 Å². The first-order chi connectivity index (χ1) is 21.4. The number of hydrogen-bond acceptors (Lipinski definition) is 9. The number of nitro benzene ring substituents is 1. The second kappa shape index (κ2) is 15.4. The van der Waals surface area contributed by atoms with Crippen LogP contribution in [-0.4, -0.2) is 105 Å². The lowest BCUT2D eigenvalue weighted by Gasteiger charge is -2.31. The van der Waals surface area contributed by atoms with Gasteiger partial charge in [0.1, 0.15) is 0 Å². The number of benzene rings is 2. The zero-order valence-corrected chi connectivity index (χ0v) is 25.5. The fraction of sp³-hybridized carbons (Fsp3) is 0.562. The third kappa shape index (κ3) is 8.32. The number of fused-ring (bicyclic) bond motifs is 2. The van der Waals surface area contributed by atoms with E-state index in [-0.39, 0.29) is 22.4 Å². The number of nitrogens with two attached hydrogens (primary N) is 1. The molecule has 0 atom stereocenters. The number of nitro groups is 1. The highest BCUT2D eigenvalue weighted by molar-refractivity contribution is 5.97. The molecular formula is C32H44N6O6. The zero-order chi connectivity index (χ0) is 30.9. The topological polar surface area (TPSA) is 135 Å². The van der Waals surface area contributed by atoms with Crippen LogP contribution in [0, 0.1) is 10.1 Å². The molecule has 44 heavy (non-hydrogen) atoms. The number of amides is 2. The molecule has 0 radical (unpaired) electrons. The van der Waals surface area contributed by atoms with Gasteiger partial charge in [0.2, 0.25) is 11.8 Å². The third-order valence-corrected chi connectivity index (χ3v) is 8.70. The second-order valence-electron chi connectivity index (χ2n) is 11.7. The molecule has 6 rings (SSSR count). The lowest BCUT2D eigenvalue weighted by atomic mass is 10.00. The highest BCUT2D eigenvalue weighted by Crippen LogP contribution is 2.31. The summed E-state index contributed by atoms with van der Waals surface area (Å²) in [6, 6.07) is 10.6. The minimum atomic E-state index is -0.389. The van der Waals surface area contributed by atoms with Crippen LogP contribution in [0.5, 0.6) is 0 Å². The van der Waals surface area contributed by atoms with Crippen molar-refractivity contribution in [2.75, 3.05) is 94.3 Å². The first kappa shape index (κ1) is 31.8. The van der Waals surface area contributed by atoms with E-state index in [1.54, 1.807) is 17.0 Å². The molecular weight excluding hydrogens is 564 g/mol. The van der Waals surface area contributed by atoms with Crippen molar-refractivity contribution in [3.8, 4) is 0 Å². The largest absolute Gasteiger partial charge is 0.399 e. The van der Waals surface area contributed by atoms with Crippen LogP contribution in [0.2, 0.25) is 0 Å². The lowest BCUT2D eigenvalue weighted by Crippen LogP contribution is -2.40. The Balaban J connectivity index is 0.000000175. The Kier molecular flexibility index (Phi) is 11.2. The van der Waals surface area contributed by atoms with E-state index in [1.807, 2.05) is 23.1 Å². The number of non-ortho nitro benzene ring substituents is 1. The predicted octanol–water partition coefficient (Wildman–Crippen LogP) is 2.87. The smallest absolute Gasteiger partial charge is 0.269 e. The zero-order valence-electron chi connectivity index (χ0n) is 25.5. The van der Waals surface area contributed by atoms with E-state index >= 15 is 0 Å². The molecule has 2 N–H and O–H groups in total. The second-order valence-corrected chi connectivity index (χ2v) is 11.7. The molecule has 2 aromatic carbocycles. The first-order valence-electron chi connectivity index (χ1n) is 15.8. The van der Waals surface area contributed by atoms with Crippen LogP contribution in [0.4, 0.5) is 22.7 Å². The Labute approximate surface area is 258 Å². The van der Waals surface area contributed by atoms with Crippen molar-refractivity contribution in [2.24, 2.45) is 0 Å². The van der Waals surface area contributed by atoms with Gasteiger partial charge in [-0.15, -0.1) is 0 Å². The van der Waals surface area contributed by atoms with Gasteiger partial charge < -0.3 is 25.0 Å². The van der Waals surface area contributed by atoms with Gasteiger partial charge in [0, 0.05) is 94.4 Å². The van der Waals surface area contributed by atoms with Crippen LogP contribution in [0.15, 0.2) is 36.4 Å². The molecule has 2 saturated heterocycles. The molecule has 2 fully saturated rings. The van der Waals surface area contributed by atoms with Crippen LogP contribution in [0.25, 0.3) is 0 Å². The van der Waals surface area contributed by atoms with Crippen LogP contribution < -0.4 is 15.5 Å². The summed E-state index contributed by atoms with van der Waals surface area (Å²) in [5, 5.41) is 10.9. The number of anilines is 3. The summed E-state index contributed by atoms with van der Waals surface area (Å²) in [6.07, 6.45) is 4.28. The molecule has 4 aliphatic rings. The summed E-state index contributed by atoms with van der Waals surface area (Å²) in [5.41, 5.74) is 10.7. The van der Waals surface area contributed by atoms with E-state index < -0.39 is 0 Å². The lowest BCUT2D eigenvalue weighted by molar-refractivity contribution is -0.384. The Bertz CT molecular complexity index is 1310. The van der Waals surface area contributed by atoms with Gasteiger partial charge >= 0.3 is 0 Å². The van der Waals surface area contributed by atoms with Crippen LogP contribution in [-0.2, 0) is 31.9 Å². The average Bonchev–Trinajstić information content (AvgIpc) is 3.04. The number of nitrogens with zero attached hydrogens (tertiary/aromatic N) is 5. The molecule has 0 bridgehead atoms. The van der Waals surface area contributed by atoms with E-state index in [0.29, 0.717) is 25.8 Å². The Morgan fingerprint density at radius 3 is 1.66 bits per heavy atom. The fourth-order valence-electron chi connectivity index (χ4n) is 6.28. The SMILES string of the molecule is Nc1ccc2c(c1)CCC(=O)N2CCCN1CCOCC1.O=C1CCc2cc([N+](=O)[O-])ccc2N1CCCN1CCOCC1. The Hall–Kier alpha value is -3.58. The van der Waals surface area contributed by atoms with Crippen LogP contribution in [0.1, 0.15) is 36.8 Å². The van der Waals surface area contributed by atoms with Gasteiger partial charge in [0.15, 0.2) is 0 Å². The summed E-state index contributed by atoms with van der Waals surface area (Å²) in [7, 11) is 0. The first-order valence-corrected chi connectivity index (χ1v) is 15.8. The highest BCUT2D eigenvalue weighted by atomic mass is 16.6. The molecule has 2 aromatic rings. The van der Waals surface area contributed by atoms with Crippen LogP contribution >= 0.6 is 0 Å². The summed E-state index contributed by atoms with van der Waals surface area (Å²) in [4.78, 5) is 43.4. The molecule has 2 amide bonds. The summed E-state index contributed by atoms with van der Waals surface area (Å²) < 4.78 is 10.7. The number of carbonyl (C=O) groups is 2. The number of nitrogen functional groups attached to an aromatic ring is 1. The van der Waals surface area contributed by atoms with Crippen LogP contribution in [0.3, 0.4) is 0 Å². The molecule has 12 nitrogen and oxygen atoms in total. The normalized spacial score (nSPS) is 19.2. The van der Waals surface area contributed by atoms with E-state index in [0.717, 1.165) is 114 Å². The van der Waals surface area contributed by atoms with E-state index in [4.69, 9.17) is 15.2 Å². The maximum absolute atomic E-state index is 12.2. The minimum absolute atomic E-state index is 0.0892. The number of aryl methyl sites for hydroxylation is 2. The van der Waals surface area contributed by atoms with Crippen molar-refractivity contribution < 1.29 is 24.0 Å². The number of ether oxygens (including phenoxy) is 2. The average molecular weight is 609 g/mol. The van der Waals surface area contributed by atoms with Crippen molar-refractivity contribution in [3.63, 3.8) is 0 Å². The van der Waals surface area contributed by atoms with Crippen molar-refractivity contribution in [3.05, 3.63) is 57.6 Å². The van der Waals surface area contributed by atoms with Gasteiger partial charge in [-0.05, 0) is 61.1 Å². The molecule has 238 valence electrons. The maximum atomic E-state index is 12.2. The molecule has 0 spiro atoms. The summed E-state index contributed by atoms with van der Waals surface area (Å²) in [6.45, 7) is 10.5. The van der Waals surface area contributed by atoms with Gasteiger partial charge in [0.25, 0.3) is 5.69 Å². The van der Waals surface area contributed by atoms with Gasteiger partial charge in [-0.25, -0.2) is 0 Å². The minimum Gasteiger partial charge on any atom is -0.399 e. The standard InChI is InChI=1S/C16H21N3O4.C16H23N3O2/c20-16-5-2-13-12-14(19(21)22)3-4-15(13)18(16)7-1-6-17-8-10-23-11-9-17;17-14-3-4-15-13(12-14)2-5-16(20)19(15)7-1-6-18-8-10-21-11-9-18/h3-4,12H,1-2,5-11H2;3-4,12H,1-2,5-11,17H2. The molecule has 4 heterocycles. The van der Waals surface area contributed by atoms with E-state index in [9.17, 15) is 19.7 Å². The van der Waals surface area contributed by atoms with Gasteiger partial charge in [-0.3, -0.25) is 29.5 Å². The maximum Gasteiger partial charge on any atom is 0.269 e. The fourth-order valence-corrected chi connectivity index (χ4v) is 6.28. The molecule has 0 aromatic heterocycles. The van der Waals surface area contributed by atoms with Crippen molar-refractivity contribution in [1.29, 1.82) is 0 Å². The Morgan fingerprint density at radius 2 is 1.16 bits per heavy atom. The van der Waals surface area contributed by atoms with Crippen molar-refractivity contribution >= 4 is 34.6 Å². The number of morpholine rings is 2. The molecule has 0 saturated carbocycles. The summed E-state index contributed by atoms with van der Waals surface area (Å²) in [5.74, 6) is 0.336. The van der Waals surface area contributed by atoms with Gasteiger partial charge in [0.05, 0.1) is 31.4 Å². The Morgan fingerprint density at radius 1 is 0.682 bits per heavy atom. The number of rotatable bonds is 9.